The van der Waals surface area contributed by atoms with Crippen LogP contribution >= 0.6 is 0 Å². The fraction of sp³-hybridized carbons (Fsp3) is 0.435. The predicted octanol–water partition coefficient (Wildman–Crippen LogP) is 3.88. The number of rotatable bonds is 7. The molecule has 160 valence electrons. The van der Waals surface area contributed by atoms with Gasteiger partial charge in [0.15, 0.2) is 0 Å². The van der Waals surface area contributed by atoms with E-state index in [2.05, 4.69) is 10.6 Å². The van der Waals surface area contributed by atoms with Crippen molar-refractivity contribution < 1.29 is 18.8 Å². The number of hydrogen-bond donors (Lipinski definition) is 2. The van der Waals surface area contributed by atoms with E-state index in [0.29, 0.717) is 19.6 Å². The van der Waals surface area contributed by atoms with Gasteiger partial charge in [-0.15, -0.1) is 0 Å². The van der Waals surface area contributed by atoms with E-state index in [1.807, 2.05) is 83.1 Å². The molecule has 0 atom stereocenters. The van der Waals surface area contributed by atoms with Crippen molar-refractivity contribution in [1.82, 2.24) is 5.32 Å². The molecule has 1 saturated heterocycles. The first-order valence-electron chi connectivity index (χ1n) is 10.4. The highest BCUT2D eigenvalue weighted by atomic mass is 16.7. The number of carbonyl (C=O) groups excluding carboxylic acids is 1. The van der Waals surface area contributed by atoms with E-state index in [1.165, 1.54) is 0 Å². The molecule has 0 spiro atoms. The summed E-state index contributed by atoms with van der Waals surface area (Å²) in [6.45, 7) is 11.2. The van der Waals surface area contributed by atoms with Gasteiger partial charge in [-0.05, 0) is 76.3 Å². The quantitative estimate of drug-likeness (QED) is 0.537. The summed E-state index contributed by atoms with van der Waals surface area (Å²) in [7, 11) is -0.375. The molecule has 2 amide bonds. The van der Waals surface area contributed by atoms with Crippen LogP contribution in [0.2, 0.25) is 0 Å². The van der Waals surface area contributed by atoms with Crippen LogP contribution in [0.15, 0.2) is 48.5 Å². The number of anilines is 1. The number of amides is 2. The maximum Gasteiger partial charge on any atom is 0.494 e. The molecule has 2 aromatic rings. The number of urea groups is 1. The van der Waals surface area contributed by atoms with Crippen molar-refractivity contribution in [3.63, 3.8) is 0 Å². The maximum atomic E-state index is 11.9. The molecule has 1 aliphatic heterocycles. The van der Waals surface area contributed by atoms with Crippen LogP contribution in [0.4, 0.5) is 10.5 Å². The van der Waals surface area contributed by atoms with Crippen molar-refractivity contribution in [3.8, 4) is 5.75 Å². The molecule has 1 fully saturated rings. The average Bonchev–Trinajstić information content (AvgIpc) is 2.89. The SMILES string of the molecule is Cc1cccc(NC(=O)NCCCOc2ccc(B3OC(C)(C)C(C)(C)O3)cc2)c1. The van der Waals surface area contributed by atoms with E-state index in [-0.39, 0.29) is 24.4 Å². The summed E-state index contributed by atoms with van der Waals surface area (Å²) >= 11 is 0. The molecule has 0 radical (unpaired) electrons. The lowest BCUT2D eigenvalue weighted by molar-refractivity contribution is 0.00578. The number of nitrogens with one attached hydrogen (secondary N) is 2. The zero-order valence-electron chi connectivity index (χ0n) is 18.5. The lowest BCUT2D eigenvalue weighted by Gasteiger charge is -2.32. The third kappa shape index (κ3) is 5.55. The molecular weight excluding hydrogens is 379 g/mol. The van der Waals surface area contributed by atoms with E-state index >= 15 is 0 Å². The van der Waals surface area contributed by atoms with Crippen LogP contribution in [0.1, 0.15) is 39.7 Å². The van der Waals surface area contributed by atoms with Crippen LogP contribution in [0, 0.1) is 6.92 Å². The van der Waals surface area contributed by atoms with Crippen molar-refractivity contribution in [2.45, 2.75) is 52.2 Å². The van der Waals surface area contributed by atoms with Gasteiger partial charge in [0, 0.05) is 12.2 Å². The molecule has 0 aromatic heterocycles. The summed E-state index contributed by atoms with van der Waals surface area (Å²) in [6, 6.07) is 15.2. The summed E-state index contributed by atoms with van der Waals surface area (Å²) in [5.41, 5.74) is 2.14. The van der Waals surface area contributed by atoms with Crippen molar-refractivity contribution in [3.05, 3.63) is 54.1 Å². The number of benzene rings is 2. The smallest absolute Gasteiger partial charge is 0.494 e. The highest BCUT2D eigenvalue weighted by molar-refractivity contribution is 6.62. The standard InChI is InChI=1S/C23H31BN2O4/c1-17-8-6-9-19(16-17)26-21(27)25-14-7-15-28-20-12-10-18(11-13-20)24-29-22(2,3)23(4,5)30-24/h6,8-13,16H,7,14-15H2,1-5H3,(H2,25,26,27). The summed E-state index contributed by atoms with van der Waals surface area (Å²) in [5, 5.41) is 5.66. The van der Waals surface area contributed by atoms with Crippen LogP contribution < -0.4 is 20.8 Å². The molecule has 2 aromatic carbocycles. The van der Waals surface area contributed by atoms with Gasteiger partial charge in [0.05, 0.1) is 17.8 Å². The molecule has 6 nitrogen and oxygen atoms in total. The summed E-state index contributed by atoms with van der Waals surface area (Å²) in [5.74, 6) is 0.777. The summed E-state index contributed by atoms with van der Waals surface area (Å²) in [6.07, 6.45) is 0.709. The third-order valence-corrected chi connectivity index (χ3v) is 5.56. The second-order valence-corrected chi connectivity index (χ2v) is 8.61. The molecule has 0 aliphatic carbocycles. The Kier molecular flexibility index (Phi) is 6.73. The van der Waals surface area contributed by atoms with E-state index in [0.717, 1.165) is 22.5 Å². The second kappa shape index (κ2) is 9.10. The van der Waals surface area contributed by atoms with E-state index in [4.69, 9.17) is 14.0 Å². The van der Waals surface area contributed by atoms with E-state index in [9.17, 15) is 4.79 Å². The predicted molar refractivity (Wildman–Crippen MR) is 120 cm³/mol. The monoisotopic (exact) mass is 410 g/mol. The first kappa shape index (κ1) is 22.2. The van der Waals surface area contributed by atoms with Gasteiger partial charge in [0.1, 0.15) is 5.75 Å². The minimum atomic E-state index is -0.375. The second-order valence-electron chi connectivity index (χ2n) is 8.61. The van der Waals surface area contributed by atoms with Crippen molar-refractivity contribution in [1.29, 1.82) is 0 Å². The van der Waals surface area contributed by atoms with Gasteiger partial charge in [0.25, 0.3) is 0 Å². The molecule has 1 aliphatic rings. The minimum absolute atomic E-state index is 0.215. The molecule has 3 rings (SSSR count). The zero-order valence-corrected chi connectivity index (χ0v) is 18.5. The Labute approximate surface area is 179 Å². The van der Waals surface area contributed by atoms with Crippen molar-refractivity contribution >= 4 is 24.3 Å². The van der Waals surface area contributed by atoms with E-state index < -0.39 is 0 Å². The average molecular weight is 410 g/mol. The Morgan fingerprint density at radius 3 is 2.33 bits per heavy atom. The fourth-order valence-corrected chi connectivity index (χ4v) is 3.06. The molecule has 7 heteroatoms. The van der Waals surface area contributed by atoms with Crippen molar-refractivity contribution in [2.75, 3.05) is 18.5 Å². The van der Waals surface area contributed by atoms with Crippen LogP contribution in [-0.2, 0) is 9.31 Å². The lowest BCUT2D eigenvalue weighted by atomic mass is 9.79. The molecule has 30 heavy (non-hydrogen) atoms. The van der Waals surface area contributed by atoms with Gasteiger partial charge in [-0.1, -0.05) is 24.3 Å². The van der Waals surface area contributed by atoms with Crippen LogP contribution in [-0.4, -0.2) is 37.5 Å². The molecule has 1 heterocycles. The first-order chi connectivity index (χ1) is 14.2. The summed E-state index contributed by atoms with van der Waals surface area (Å²) < 4.78 is 17.9. The topological polar surface area (TPSA) is 68.8 Å². The number of hydrogen-bond acceptors (Lipinski definition) is 4. The minimum Gasteiger partial charge on any atom is -0.494 e. The number of aryl methyl sites for hydroxylation is 1. The van der Waals surface area contributed by atoms with Gasteiger partial charge in [-0.2, -0.15) is 0 Å². The zero-order chi connectivity index (χ0) is 21.8. The lowest BCUT2D eigenvalue weighted by Crippen LogP contribution is -2.41. The molecule has 0 unspecified atom stereocenters. The molecule has 0 saturated carbocycles. The van der Waals surface area contributed by atoms with Gasteiger partial charge in [0.2, 0.25) is 0 Å². The normalized spacial score (nSPS) is 16.9. The van der Waals surface area contributed by atoms with Crippen LogP contribution in [0.3, 0.4) is 0 Å². The van der Waals surface area contributed by atoms with E-state index in [1.54, 1.807) is 0 Å². The van der Waals surface area contributed by atoms with Gasteiger partial charge in [-0.25, -0.2) is 4.79 Å². The third-order valence-electron chi connectivity index (χ3n) is 5.56. The number of carbonyl (C=O) groups is 1. The maximum absolute atomic E-state index is 11.9. The van der Waals surface area contributed by atoms with Gasteiger partial charge >= 0.3 is 13.1 Å². The van der Waals surface area contributed by atoms with Crippen LogP contribution in [0.25, 0.3) is 0 Å². The van der Waals surface area contributed by atoms with Gasteiger partial charge in [-0.3, -0.25) is 0 Å². The largest absolute Gasteiger partial charge is 0.494 e. The van der Waals surface area contributed by atoms with Crippen molar-refractivity contribution in [2.24, 2.45) is 0 Å². The Balaban J connectivity index is 1.37. The Morgan fingerprint density at radius 1 is 1.03 bits per heavy atom. The molecular formula is C23H31BN2O4. The summed E-state index contributed by atoms with van der Waals surface area (Å²) in [4.78, 5) is 11.9. The molecule has 0 bridgehead atoms. The fourth-order valence-electron chi connectivity index (χ4n) is 3.06. The molecule has 2 N–H and O–H groups in total. The number of ether oxygens (including phenoxy) is 1. The Bertz CT molecular complexity index is 852. The van der Waals surface area contributed by atoms with Crippen LogP contribution in [0.5, 0.6) is 5.75 Å². The highest BCUT2D eigenvalue weighted by Gasteiger charge is 2.51. The highest BCUT2D eigenvalue weighted by Crippen LogP contribution is 2.36. The van der Waals surface area contributed by atoms with Gasteiger partial charge < -0.3 is 24.7 Å². The first-order valence-corrected chi connectivity index (χ1v) is 10.4. The Hall–Kier alpha value is -2.51. The Morgan fingerprint density at radius 2 is 1.70 bits per heavy atom.